The second-order valence-electron chi connectivity index (χ2n) is 6.60. The van der Waals surface area contributed by atoms with Crippen molar-refractivity contribution < 1.29 is 15.0 Å². The van der Waals surface area contributed by atoms with Crippen molar-refractivity contribution in [1.82, 2.24) is 9.88 Å². The number of nitrogens with zero attached hydrogens (tertiary/aromatic N) is 2. The van der Waals surface area contributed by atoms with Crippen molar-refractivity contribution in [2.45, 2.75) is 12.5 Å². The van der Waals surface area contributed by atoms with Gasteiger partial charge in [0.1, 0.15) is 0 Å². The zero-order valence-electron chi connectivity index (χ0n) is 14.2. The van der Waals surface area contributed by atoms with Gasteiger partial charge in [-0.05, 0) is 30.0 Å². The van der Waals surface area contributed by atoms with E-state index >= 15 is 0 Å². The van der Waals surface area contributed by atoms with E-state index in [-0.39, 0.29) is 25.0 Å². The lowest BCUT2D eigenvalue weighted by atomic mass is 9.94. The van der Waals surface area contributed by atoms with Crippen molar-refractivity contribution in [2.75, 3.05) is 19.7 Å². The van der Waals surface area contributed by atoms with Crippen LogP contribution in [0.3, 0.4) is 0 Å². The Balaban J connectivity index is 1.74. The molecule has 0 bridgehead atoms. The summed E-state index contributed by atoms with van der Waals surface area (Å²) in [6, 6.07) is 13.4. The first-order valence-corrected chi connectivity index (χ1v) is 9.57. The summed E-state index contributed by atoms with van der Waals surface area (Å²) in [5.41, 5.74) is 2.18. The number of hydrogen-bond acceptors (Lipinski definition) is 5. The number of benzene rings is 1. The number of likely N-dealkylation sites (tertiary alicyclic amines) is 1. The van der Waals surface area contributed by atoms with Crippen molar-refractivity contribution >= 4 is 28.1 Å². The molecular weight excluding hydrogens is 348 g/mol. The van der Waals surface area contributed by atoms with Gasteiger partial charge in [0.05, 0.1) is 27.8 Å². The first-order valence-electron chi connectivity index (χ1n) is 8.69. The highest BCUT2D eigenvalue weighted by Gasteiger charge is 2.31. The molecule has 0 radical (unpaired) electrons. The van der Waals surface area contributed by atoms with Gasteiger partial charge in [-0.2, -0.15) is 0 Å². The Bertz CT molecular complexity index is 926. The average molecular weight is 368 g/mol. The molecule has 5 nitrogen and oxygen atoms in total. The van der Waals surface area contributed by atoms with Crippen LogP contribution in [0.1, 0.15) is 16.8 Å². The second-order valence-corrected chi connectivity index (χ2v) is 7.55. The Labute approximate surface area is 155 Å². The van der Waals surface area contributed by atoms with Crippen LogP contribution < -0.4 is 0 Å². The Morgan fingerprint density at radius 3 is 2.85 bits per heavy atom. The molecule has 1 aromatic carbocycles. The fourth-order valence-corrected chi connectivity index (χ4v) is 4.14. The van der Waals surface area contributed by atoms with Crippen molar-refractivity contribution in [1.29, 1.82) is 0 Å². The Morgan fingerprint density at radius 1 is 1.27 bits per heavy atom. The lowest BCUT2D eigenvalue weighted by Crippen LogP contribution is -2.47. The number of β-amino-alcohol motifs (C(OH)–C–C–N with tert-alkyl or cyclic N) is 1. The van der Waals surface area contributed by atoms with E-state index in [4.69, 9.17) is 4.98 Å². The minimum absolute atomic E-state index is 0.0517. The number of hydrogen-bond donors (Lipinski definition) is 2. The number of aliphatic hydroxyl groups is 2. The molecule has 2 unspecified atom stereocenters. The van der Waals surface area contributed by atoms with Crippen LogP contribution in [-0.2, 0) is 0 Å². The number of amides is 1. The number of aromatic nitrogens is 1. The Morgan fingerprint density at radius 2 is 2.12 bits per heavy atom. The molecule has 3 heterocycles. The summed E-state index contributed by atoms with van der Waals surface area (Å²) in [5.74, 6) is -0.258. The minimum atomic E-state index is -0.692. The number of rotatable bonds is 3. The van der Waals surface area contributed by atoms with Crippen molar-refractivity contribution in [3.05, 3.63) is 53.4 Å². The number of fused-ring (bicyclic) bond motifs is 1. The van der Waals surface area contributed by atoms with E-state index in [2.05, 4.69) is 0 Å². The number of carbonyl (C=O) groups excluding carboxylic acids is 1. The van der Waals surface area contributed by atoms with Crippen LogP contribution in [0, 0.1) is 5.92 Å². The summed E-state index contributed by atoms with van der Waals surface area (Å²) in [7, 11) is 0. The van der Waals surface area contributed by atoms with Gasteiger partial charge in [0.25, 0.3) is 5.91 Å². The van der Waals surface area contributed by atoms with Crippen molar-refractivity contribution in [2.24, 2.45) is 5.92 Å². The lowest BCUT2D eigenvalue weighted by molar-refractivity contribution is 0.000951. The van der Waals surface area contributed by atoms with E-state index in [1.807, 2.05) is 47.8 Å². The van der Waals surface area contributed by atoms with Crippen LogP contribution >= 0.6 is 11.3 Å². The van der Waals surface area contributed by atoms with Crippen LogP contribution in [0.5, 0.6) is 0 Å². The van der Waals surface area contributed by atoms with Crippen LogP contribution in [0.15, 0.2) is 47.8 Å². The molecular formula is C20H20N2O3S. The summed E-state index contributed by atoms with van der Waals surface area (Å²) in [4.78, 5) is 20.6. The van der Waals surface area contributed by atoms with E-state index < -0.39 is 6.10 Å². The smallest absolute Gasteiger partial charge is 0.254 e. The first-order chi connectivity index (χ1) is 12.7. The van der Waals surface area contributed by atoms with Crippen molar-refractivity contribution in [3.63, 3.8) is 0 Å². The average Bonchev–Trinajstić information content (AvgIpc) is 3.21. The maximum Gasteiger partial charge on any atom is 0.254 e. The molecule has 0 spiro atoms. The Kier molecular flexibility index (Phi) is 4.72. The summed E-state index contributed by atoms with van der Waals surface area (Å²) < 4.78 is 0. The number of para-hydroxylation sites is 1. The van der Waals surface area contributed by atoms with Gasteiger partial charge in [0.2, 0.25) is 0 Å². The van der Waals surface area contributed by atoms with Gasteiger partial charge in [-0.3, -0.25) is 4.79 Å². The van der Waals surface area contributed by atoms with Gasteiger partial charge < -0.3 is 15.1 Å². The van der Waals surface area contributed by atoms with E-state index in [0.717, 1.165) is 21.5 Å². The molecule has 2 atom stereocenters. The maximum absolute atomic E-state index is 13.2. The van der Waals surface area contributed by atoms with E-state index in [1.54, 1.807) is 16.2 Å². The molecule has 2 N–H and O–H groups in total. The lowest BCUT2D eigenvalue weighted by Gasteiger charge is -2.35. The van der Waals surface area contributed by atoms with Gasteiger partial charge in [0.15, 0.2) is 0 Å². The number of thiophene rings is 1. The largest absolute Gasteiger partial charge is 0.396 e. The van der Waals surface area contributed by atoms with E-state index in [0.29, 0.717) is 18.5 Å². The van der Waals surface area contributed by atoms with Gasteiger partial charge >= 0.3 is 0 Å². The summed E-state index contributed by atoms with van der Waals surface area (Å²) in [5, 5.41) is 22.3. The SMILES string of the molecule is O=C(c1cc(-c2cccs2)nc2ccccc12)N1CCC(CO)C(O)C1. The third kappa shape index (κ3) is 3.11. The van der Waals surface area contributed by atoms with Crippen LogP contribution in [0.4, 0.5) is 0 Å². The molecule has 1 amide bonds. The van der Waals surface area contributed by atoms with Gasteiger partial charge in [-0.1, -0.05) is 24.3 Å². The number of aliphatic hydroxyl groups excluding tert-OH is 2. The molecule has 0 saturated carbocycles. The highest BCUT2D eigenvalue weighted by atomic mass is 32.1. The summed E-state index contributed by atoms with van der Waals surface area (Å²) >= 11 is 1.59. The summed E-state index contributed by atoms with van der Waals surface area (Å²) in [6.45, 7) is 0.727. The highest BCUT2D eigenvalue weighted by molar-refractivity contribution is 7.13. The van der Waals surface area contributed by atoms with Gasteiger partial charge in [-0.25, -0.2) is 4.98 Å². The molecule has 3 aromatic rings. The molecule has 134 valence electrons. The van der Waals surface area contributed by atoms with Gasteiger partial charge in [-0.15, -0.1) is 11.3 Å². The van der Waals surface area contributed by atoms with Gasteiger partial charge in [0, 0.05) is 31.0 Å². The third-order valence-electron chi connectivity index (χ3n) is 4.96. The predicted molar refractivity (Wildman–Crippen MR) is 102 cm³/mol. The molecule has 6 heteroatoms. The minimum Gasteiger partial charge on any atom is -0.396 e. The van der Waals surface area contributed by atoms with Crippen LogP contribution in [-0.4, -0.2) is 51.8 Å². The second kappa shape index (κ2) is 7.15. The predicted octanol–water partition coefficient (Wildman–Crippen LogP) is 2.78. The zero-order valence-corrected chi connectivity index (χ0v) is 15.0. The number of carbonyl (C=O) groups is 1. The van der Waals surface area contributed by atoms with Crippen LogP contribution in [0.2, 0.25) is 0 Å². The van der Waals surface area contributed by atoms with Crippen LogP contribution in [0.25, 0.3) is 21.5 Å². The number of piperidine rings is 1. The third-order valence-corrected chi connectivity index (χ3v) is 5.86. The summed E-state index contributed by atoms with van der Waals surface area (Å²) in [6.07, 6.45) is -0.0907. The molecule has 1 saturated heterocycles. The van der Waals surface area contributed by atoms with Crippen molar-refractivity contribution in [3.8, 4) is 10.6 Å². The fourth-order valence-electron chi connectivity index (χ4n) is 3.45. The normalized spacial score (nSPS) is 20.5. The van der Waals surface area contributed by atoms with E-state index in [9.17, 15) is 15.0 Å². The highest BCUT2D eigenvalue weighted by Crippen LogP contribution is 2.29. The molecule has 2 aromatic heterocycles. The quantitative estimate of drug-likeness (QED) is 0.746. The standard InChI is InChI=1S/C20H20N2O3S/c23-12-13-7-8-22(11-18(13)24)20(25)15-10-17(19-6-3-9-26-19)21-16-5-2-1-4-14(15)16/h1-6,9-10,13,18,23-24H,7-8,11-12H2. The number of pyridine rings is 1. The molecule has 4 rings (SSSR count). The van der Waals surface area contributed by atoms with E-state index in [1.165, 1.54) is 0 Å². The molecule has 1 aliphatic rings. The molecule has 26 heavy (non-hydrogen) atoms. The topological polar surface area (TPSA) is 73.7 Å². The molecule has 1 aliphatic heterocycles. The Hall–Kier alpha value is -2.28. The fraction of sp³-hybridized carbons (Fsp3) is 0.300. The maximum atomic E-state index is 13.2. The zero-order chi connectivity index (χ0) is 18.1. The first kappa shape index (κ1) is 17.1. The molecule has 1 fully saturated rings. The monoisotopic (exact) mass is 368 g/mol. The molecule has 0 aliphatic carbocycles.